The minimum atomic E-state index is 0. The molecule has 0 atom stereocenters. The third-order valence-electron chi connectivity index (χ3n) is 3.49. The Morgan fingerprint density at radius 2 is 2.08 bits per heavy atom. The fourth-order valence-corrected chi connectivity index (χ4v) is 3.09. The molecule has 1 aromatic heterocycles. The van der Waals surface area contributed by atoms with Gasteiger partial charge in [-0.25, -0.2) is 4.98 Å². The van der Waals surface area contributed by atoms with Crippen molar-refractivity contribution in [1.82, 2.24) is 15.6 Å². The minimum Gasteiger partial charge on any atom is -0.494 e. The summed E-state index contributed by atoms with van der Waals surface area (Å²) in [4.78, 5) is 9.89. The number of aromatic nitrogens is 1. The number of nitrogens with one attached hydrogen (secondary N) is 2. The maximum Gasteiger partial charge on any atom is 0.191 e. The van der Waals surface area contributed by atoms with Crippen molar-refractivity contribution in [3.63, 3.8) is 0 Å². The van der Waals surface area contributed by atoms with Gasteiger partial charge in [-0.15, -0.1) is 35.3 Å². The summed E-state index contributed by atoms with van der Waals surface area (Å²) >= 11 is 1.74. The average molecular weight is 474 g/mol. The molecule has 0 spiro atoms. The summed E-state index contributed by atoms with van der Waals surface area (Å²) in [6.07, 6.45) is 2.81. The summed E-state index contributed by atoms with van der Waals surface area (Å²) in [5, 5.41) is 7.81. The molecule has 0 bridgehead atoms. The zero-order valence-corrected chi connectivity index (χ0v) is 18.4. The van der Waals surface area contributed by atoms with Crippen LogP contribution in [-0.4, -0.2) is 31.1 Å². The molecule has 0 aliphatic heterocycles. The Labute approximate surface area is 171 Å². The van der Waals surface area contributed by atoms with Crippen LogP contribution in [0.25, 0.3) is 0 Å². The van der Waals surface area contributed by atoms with E-state index in [1.807, 2.05) is 13.1 Å². The Balaban J connectivity index is 0.00000312. The third kappa shape index (κ3) is 7.19. The lowest BCUT2D eigenvalue weighted by atomic mass is 10.1. The van der Waals surface area contributed by atoms with Gasteiger partial charge in [-0.2, -0.15) is 0 Å². The molecule has 7 heteroatoms. The van der Waals surface area contributed by atoms with E-state index in [4.69, 9.17) is 4.74 Å². The van der Waals surface area contributed by atoms with Gasteiger partial charge in [-0.05, 0) is 32.4 Å². The van der Waals surface area contributed by atoms with Crippen LogP contribution >= 0.6 is 35.3 Å². The lowest BCUT2D eigenvalue weighted by Gasteiger charge is -2.14. The van der Waals surface area contributed by atoms with Gasteiger partial charge in [0.05, 0.1) is 11.6 Å². The van der Waals surface area contributed by atoms with E-state index >= 15 is 0 Å². The number of ether oxygens (including phenoxy) is 1. The Bertz CT molecular complexity index is 687. The first-order valence-electron chi connectivity index (χ1n) is 8.20. The Morgan fingerprint density at radius 3 is 2.72 bits per heavy atom. The molecule has 0 saturated carbocycles. The number of benzene rings is 1. The van der Waals surface area contributed by atoms with E-state index in [1.54, 1.807) is 18.4 Å². The SMILES string of the molecule is CCOc1cc(C)ccc1CNC(=NC)NCCc1ncc(C)s1.I. The molecule has 2 rings (SSSR count). The fraction of sp³-hybridized carbons (Fsp3) is 0.444. The summed E-state index contributed by atoms with van der Waals surface area (Å²) < 4.78 is 5.72. The molecule has 0 aliphatic rings. The highest BCUT2D eigenvalue weighted by atomic mass is 127. The molecule has 25 heavy (non-hydrogen) atoms. The smallest absolute Gasteiger partial charge is 0.191 e. The number of rotatable bonds is 7. The van der Waals surface area contributed by atoms with Crippen LogP contribution in [0.2, 0.25) is 0 Å². The predicted molar refractivity (Wildman–Crippen MR) is 117 cm³/mol. The van der Waals surface area contributed by atoms with E-state index in [0.29, 0.717) is 13.2 Å². The summed E-state index contributed by atoms with van der Waals surface area (Å²) in [5.41, 5.74) is 2.32. The lowest BCUT2D eigenvalue weighted by Crippen LogP contribution is -2.37. The zero-order chi connectivity index (χ0) is 17.4. The number of hydrogen-bond donors (Lipinski definition) is 2. The van der Waals surface area contributed by atoms with E-state index < -0.39 is 0 Å². The van der Waals surface area contributed by atoms with Crippen molar-refractivity contribution in [2.45, 2.75) is 33.7 Å². The number of hydrogen-bond acceptors (Lipinski definition) is 4. The maximum absolute atomic E-state index is 5.72. The van der Waals surface area contributed by atoms with Gasteiger partial charge in [-0.3, -0.25) is 4.99 Å². The molecule has 2 aromatic rings. The number of halogens is 1. The highest BCUT2D eigenvalue weighted by molar-refractivity contribution is 14.0. The highest BCUT2D eigenvalue weighted by Crippen LogP contribution is 2.20. The van der Waals surface area contributed by atoms with Gasteiger partial charge >= 0.3 is 0 Å². The highest BCUT2D eigenvalue weighted by Gasteiger charge is 2.06. The Kier molecular flexibility index (Phi) is 9.81. The topological polar surface area (TPSA) is 58.5 Å². The molecule has 0 fully saturated rings. The monoisotopic (exact) mass is 474 g/mol. The van der Waals surface area contributed by atoms with Gasteiger partial charge < -0.3 is 15.4 Å². The molecule has 5 nitrogen and oxygen atoms in total. The van der Waals surface area contributed by atoms with Crippen molar-refractivity contribution in [3.05, 3.63) is 45.4 Å². The van der Waals surface area contributed by atoms with Crippen LogP contribution in [0.1, 0.15) is 27.9 Å². The van der Waals surface area contributed by atoms with E-state index in [2.05, 4.69) is 52.7 Å². The normalized spacial score (nSPS) is 11.0. The summed E-state index contributed by atoms with van der Waals surface area (Å²) in [5.74, 6) is 1.71. The minimum absolute atomic E-state index is 0. The van der Waals surface area contributed by atoms with Crippen LogP contribution in [0.3, 0.4) is 0 Å². The van der Waals surface area contributed by atoms with Crippen molar-refractivity contribution in [3.8, 4) is 5.75 Å². The molecule has 0 amide bonds. The first-order chi connectivity index (χ1) is 11.6. The van der Waals surface area contributed by atoms with Crippen LogP contribution in [0.15, 0.2) is 29.4 Å². The number of aryl methyl sites for hydroxylation is 2. The lowest BCUT2D eigenvalue weighted by molar-refractivity contribution is 0.336. The van der Waals surface area contributed by atoms with Crippen molar-refractivity contribution >= 4 is 41.3 Å². The van der Waals surface area contributed by atoms with Crippen molar-refractivity contribution in [2.24, 2.45) is 4.99 Å². The maximum atomic E-state index is 5.72. The quantitative estimate of drug-likeness (QED) is 0.365. The van der Waals surface area contributed by atoms with Crippen LogP contribution in [0, 0.1) is 13.8 Å². The van der Waals surface area contributed by atoms with Crippen LogP contribution in [-0.2, 0) is 13.0 Å². The molecule has 1 heterocycles. The van der Waals surface area contributed by atoms with Crippen molar-refractivity contribution < 1.29 is 4.74 Å². The Morgan fingerprint density at radius 1 is 1.28 bits per heavy atom. The molecule has 1 aromatic carbocycles. The van der Waals surface area contributed by atoms with Crippen LogP contribution < -0.4 is 15.4 Å². The van der Waals surface area contributed by atoms with Gasteiger partial charge in [0.1, 0.15) is 5.75 Å². The van der Waals surface area contributed by atoms with E-state index in [1.165, 1.54) is 10.4 Å². The average Bonchev–Trinajstić information content (AvgIpc) is 2.98. The van der Waals surface area contributed by atoms with Crippen molar-refractivity contribution in [1.29, 1.82) is 0 Å². The third-order valence-corrected chi connectivity index (χ3v) is 4.47. The van der Waals surface area contributed by atoms with Gasteiger partial charge in [0.25, 0.3) is 0 Å². The second-order valence-electron chi connectivity index (χ2n) is 5.51. The zero-order valence-electron chi connectivity index (χ0n) is 15.3. The standard InChI is InChI=1S/C18H26N4OS.HI/c1-5-23-16-10-13(2)6-7-15(16)12-22-18(19-4)20-9-8-17-21-11-14(3)24-17;/h6-7,10-11H,5,8-9,12H2,1-4H3,(H2,19,20,22);1H. The van der Waals surface area contributed by atoms with Gasteiger partial charge in [-0.1, -0.05) is 12.1 Å². The number of thiazole rings is 1. The van der Waals surface area contributed by atoms with Crippen LogP contribution in [0.4, 0.5) is 0 Å². The van der Waals surface area contributed by atoms with Crippen LogP contribution in [0.5, 0.6) is 5.75 Å². The molecular weight excluding hydrogens is 447 g/mol. The summed E-state index contributed by atoms with van der Waals surface area (Å²) in [7, 11) is 1.78. The van der Waals surface area contributed by atoms with E-state index in [-0.39, 0.29) is 24.0 Å². The summed E-state index contributed by atoms with van der Waals surface area (Å²) in [6, 6.07) is 6.26. The Hall–Kier alpha value is -1.35. The second kappa shape index (κ2) is 11.3. The van der Waals surface area contributed by atoms with E-state index in [9.17, 15) is 0 Å². The largest absolute Gasteiger partial charge is 0.494 e. The van der Waals surface area contributed by atoms with Gasteiger partial charge in [0.15, 0.2) is 5.96 Å². The van der Waals surface area contributed by atoms with Gasteiger partial charge in [0, 0.05) is 43.2 Å². The molecule has 2 N–H and O–H groups in total. The van der Waals surface area contributed by atoms with E-state index in [0.717, 1.165) is 35.2 Å². The molecule has 0 unspecified atom stereocenters. The molecular formula is C18H27IN4OS. The predicted octanol–water partition coefficient (Wildman–Crippen LogP) is 3.68. The molecule has 0 aliphatic carbocycles. The van der Waals surface area contributed by atoms with Crippen molar-refractivity contribution in [2.75, 3.05) is 20.2 Å². The fourth-order valence-electron chi connectivity index (χ4n) is 2.30. The summed E-state index contributed by atoms with van der Waals surface area (Å²) in [6.45, 7) is 8.29. The number of aliphatic imine (C=N–C) groups is 1. The molecule has 0 saturated heterocycles. The molecule has 138 valence electrons. The number of nitrogens with zero attached hydrogens (tertiary/aromatic N) is 2. The second-order valence-corrected chi connectivity index (χ2v) is 6.83. The number of guanidine groups is 1. The molecule has 0 radical (unpaired) electrons. The van der Waals surface area contributed by atoms with Gasteiger partial charge in [0.2, 0.25) is 0 Å². The first-order valence-corrected chi connectivity index (χ1v) is 9.02. The first kappa shape index (κ1) is 21.7.